The third-order valence-corrected chi connectivity index (χ3v) is 6.81. The first-order chi connectivity index (χ1) is 14.6. The minimum atomic E-state index is -4.61. The maximum atomic E-state index is 13.0. The number of sulfone groups is 1. The zero-order valence-corrected chi connectivity index (χ0v) is 17.6. The van der Waals surface area contributed by atoms with Gasteiger partial charge in [0.2, 0.25) is 0 Å². The highest BCUT2D eigenvalue weighted by Crippen LogP contribution is 2.33. The Morgan fingerprint density at radius 2 is 1.71 bits per heavy atom. The van der Waals surface area contributed by atoms with E-state index in [1.54, 1.807) is 42.5 Å². The molecule has 2 aromatic carbocycles. The predicted octanol–water partition coefficient (Wildman–Crippen LogP) is 5.53. The van der Waals surface area contributed by atoms with Crippen molar-refractivity contribution in [2.24, 2.45) is 0 Å². The van der Waals surface area contributed by atoms with Gasteiger partial charge in [-0.25, -0.2) is 18.4 Å². The van der Waals surface area contributed by atoms with Crippen LogP contribution in [0, 0.1) is 0 Å². The number of nitrogens with zero attached hydrogens (tertiary/aromatic N) is 3. The fraction of sp³-hybridized carbons (Fsp3) is 0.143. The second kappa shape index (κ2) is 7.65. The Morgan fingerprint density at radius 3 is 2.35 bits per heavy atom. The van der Waals surface area contributed by atoms with E-state index in [4.69, 9.17) is 11.6 Å². The van der Waals surface area contributed by atoms with Crippen LogP contribution in [0.5, 0.6) is 0 Å². The fourth-order valence-electron chi connectivity index (χ4n) is 3.14. The molecular formula is C21H15ClF3N3O2S. The van der Waals surface area contributed by atoms with Crippen molar-refractivity contribution in [3.63, 3.8) is 0 Å². The summed E-state index contributed by atoms with van der Waals surface area (Å²) in [5, 5.41) is 0.554. The minimum absolute atomic E-state index is 0.0129. The standard InChI is InChI=1S/C21H15ClF3N3O2S/c1-2-31(29,30)18-9-14(13-3-6-15(22)7-4-13)5-8-16(18)17-11-28-12-26-19(21(23,24)25)10-20(28)27-17/h3-12H,2H2,1H3. The molecule has 0 N–H and O–H groups in total. The van der Waals surface area contributed by atoms with Gasteiger partial charge in [0.1, 0.15) is 17.7 Å². The van der Waals surface area contributed by atoms with Crippen LogP contribution in [0.1, 0.15) is 12.6 Å². The van der Waals surface area contributed by atoms with Crippen molar-refractivity contribution >= 4 is 27.1 Å². The Kier molecular flexibility index (Phi) is 5.26. The van der Waals surface area contributed by atoms with Gasteiger partial charge < -0.3 is 0 Å². The van der Waals surface area contributed by atoms with Crippen molar-refractivity contribution in [3.8, 4) is 22.4 Å². The Labute approximate surface area is 181 Å². The van der Waals surface area contributed by atoms with Crippen molar-refractivity contribution < 1.29 is 21.6 Å². The van der Waals surface area contributed by atoms with E-state index in [1.165, 1.54) is 17.5 Å². The Morgan fingerprint density at radius 1 is 1.03 bits per heavy atom. The molecule has 0 aliphatic rings. The number of aromatic nitrogens is 3. The summed E-state index contributed by atoms with van der Waals surface area (Å²) in [6.07, 6.45) is -2.15. The molecule has 0 amide bonds. The number of imidazole rings is 1. The lowest BCUT2D eigenvalue weighted by Crippen LogP contribution is -2.08. The molecule has 2 heterocycles. The maximum Gasteiger partial charge on any atom is 0.433 e. The summed E-state index contributed by atoms with van der Waals surface area (Å²) in [5.74, 6) is -0.142. The number of alkyl halides is 3. The Hall–Kier alpha value is -2.91. The average molecular weight is 466 g/mol. The van der Waals surface area contributed by atoms with E-state index in [0.717, 1.165) is 18.0 Å². The number of fused-ring (bicyclic) bond motifs is 1. The largest absolute Gasteiger partial charge is 0.433 e. The molecular weight excluding hydrogens is 451 g/mol. The maximum absolute atomic E-state index is 13.0. The van der Waals surface area contributed by atoms with Gasteiger partial charge in [-0.3, -0.25) is 4.40 Å². The lowest BCUT2D eigenvalue weighted by atomic mass is 10.0. The number of hydrogen-bond acceptors (Lipinski definition) is 4. The van der Waals surface area contributed by atoms with Gasteiger partial charge in [0.25, 0.3) is 0 Å². The molecule has 5 nitrogen and oxygen atoms in total. The summed E-state index contributed by atoms with van der Waals surface area (Å²) >= 11 is 5.93. The Bertz CT molecular complexity index is 1380. The summed E-state index contributed by atoms with van der Waals surface area (Å²) in [5.41, 5.74) is 0.915. The number of hydrogen-bond donors (Lipinski definition) is 0. The molecule has 0 unspecified atom stereocenters. The van der Waals surface area contributed by atoms with Crippen LogP contribution in [0.4, 0.5) is 13.2 Å². The smallest absolute Gasteiger partial charge is 0.290 e. The molecule has 0 spiro atoms. The van der Waals surface area contributed by atoms with Crippen molar-refractivity contribution in [2.45, 2.75) is 18.0 Å². The van der Waals surface area contributed by atoms with Crippen LogP contribution in [0.25, 0.3) is 28.0 Å². The normalized spacial score (nSPS) is 12.4. The van der Waals surface area contributed by atoms with E-state index < -0.39 is 21.7 Å². The number of benzene rings is 2. The summed E-state index contributed by atoms with van der Waals surface area (Å²) in [6.45, 7) is 1.53. The summed E-state index contributed by atoms with van der Waals surface area (Å²) < 4.78 is 65.8. The van der Waals surface area contributed by atoms with Crippen molar-refractivity contribution in [1.29, 1.82) is 0 Å². The molecule has 0 atom stereocenters. The van der Waals surface area contributed by atoms with Crippen LogP contribution in [-0.4, -0.2) is 28.5 Å². The van der Waals surface area contributed by atoms with Gasteiger partial charge in [0.05, 0.1) is 16.3 Å². The van der Waals surface area contributed by atoms with Crippen LogP contribution in [0.15, 0.2) is 66.0 Å². The monoisotopic (exact) mass is 465 g/mol. The van der Waals surface area contributed by atoms with Gasteiger partial charge in [-0.1, -0.05) is 42.8 Å². The molecule has 0 saturated carbocycles. The average Bonchev–Trinajstić information content (AvgIpc) is 3.16. The van der Waals surface area contributed by atoms with Crippen molar-refractivity contribution in [3.05, 3.63) is 71.8 Å². The summed E-state index contributed by atoms with van der Waals surface area (Å²) in [7, 11) is -3.66. The van der Waals surface area contributed by atoms with Gasteiger partial charge in [-0.2, -0.15) is 13.2 Å². The first-order valence-electron chi connectivity index (χ1n) is 9.13. The minimum Gasteiger partial charge on any atom is -0.290 e. The van der Waals surface area contributed by atoms with Crippen LogP contribution in [-0.2, 0) is 16.0 Å². The number of rotatable bonds is 4. The van der Waals surface area contributed by atoms with Crippen LogP contribution >= 0.6 is 11.6 Å². The van der Waals surface area contributed by atoms with Gasteiger partial charge in [-0.05, 0) is 29.3 Å². The third kappa shape index (κ3) is 4.15. The number of halogens is 4. The highest BCUT2D eigenvalue weighted by Gasteiger charge is 2.33. The molecule has 0 bridgehead atoms. The first kappa shape index (κ1) is 21.3. The molecule has 0 fully saturated rings. The van der Waals surface area contributed by atoms with Crippen molar-refractivity contribution in [1.82, 2.24) is 14.4 Å². The highest BCUT2D eigenvalue weighted by molar-refractivity contribution is 7.91. The molecule has 4 aromatic rings. The van der Waals surface area contributed by atoms with E-state index >= 15 is 0 Å². The van der Waals surface area contributed by atoms with Gasteiger partial charge in [-0.15, -0.1) is 0 Å². The van der Waals surface area contributed by atoms with Gasteiger partial charge in [0.15, 0.2) is 9.84 Å². The summed E-state index contributed by atoms with van der Waals surface area (Å²) in [4.78, 5) is 7.67. The van der Waals surface area contributed by atoms with Crippen molar-refractivity contribution in [2.75, 3.05) is 5.75 Å². The molecule has 0 radical (unpaired) electrons. The molecule has 0 saturated heterocycles. The fourth-order valence-corrected chi connectivity index (χ4v) is 4.40. The molecule has 0 aliphatic carbocycles. The molecule has 160 valence electrons. The van der Waals surface area contributed by atoms with E-state index in [-0.39, 0.29) is 22.0 Å². The van der Waals surface area contributed by atoms with Crippen LogP contribution in [0.3, 0.4) is 0 Å². The second-order valence-electron chi connectivity index (χ2n) is 6.78. The predicted molar refractivity (Wildman–Crippen MR) is 112 cm³/mol. The molecule has 2 aromatic heterocycles. The van der Waals surface area contributed by atoms with E-state index in [9.17, 15) is 21.6 Å². The quantitative estimate of drug-likeness (QED) is 0.397. The first-order valence-corrected chi connectivity index (χ1v) is 11.2. The van der Waals surface area contributed by atoms with Crippen LogP contribution < -0.4 is 0 Å². The van der Waals surface area contributed by atoms with E-state index in [1.807, 2.05) is 0 Å². The Balaban J connectivity index is 1.88. The zero-order chi connectivity index (χ0) is 22.4. The second-order valence-corrected chi connectivity index (χ2v) is 9.47. The summed E-state index contributed by atoms with van der Waals surface area (Å²) in [6, 6.07) is 12.6. The van der Waals surface area contributed by atoms with Crippen LogP contribution in [0.2, 0.25) is 5.02 Å². The third-order valence-electron chi connectivity index (χ3n) is 4.79. The van der Waals surface area contributed by atoms with E-state index in [2.05, 4.69) is 9.97 Å². The molecule has 31 heavy (non-hydrogen) atoms. The van der Waals surface area contributed by atoms with Gasteiger partial charge in [0, 0.05) is 22.8 Å². The highest BCUT2D eigenvalue weighted by atomic mass is 35.5. The molecule has 4 rings (SSSR count). The lowest BCUT2D eigenvalue weighted by Gasteiger charge is -2.11. The molecule has 10 heteroatoms. The lowest BCUT2D eigenvalue weighted by molar-refractivity contribution is -0.141. The zero-order valence-electron chi connectivity index (χ0n) is 16.1. The van der Waals surface area contributed by atoms with Gasteiger partial charge >= 0.3 is 6.18 Å². The molecule has 0 aliphatic heterocycles. The van der Waals surface area contributed by atoms with E-state index in [0.29, 0.717) is 16.1 Å². The topological polar surface area (TPSA) is 64.3 Å². The SMILES string of the molecule is CCS(=O)(=O)c1cc(-c2ccc(Cl)cc2)ccc1-c1cn2cnc(C(F)(F)F)cc2n1.